The van der Waals surface area contributed by atoms with E-state index < -0.39 is 0 Å². The van der Waals surface area contributed by atoms with Crippen LogP contribution in [0.3, 0.4) is 0 Å². The third kappa shape index (κ3) is 3.67. The van der Waals surface area contributed by atoms with E-state index in [0.29, 0.717) is 11.8 Å². The first-order valence-corrected chi connectivity index (χ1v) is 5.77. The third-order valence-corrected chi connectivity index (χ3v) is 2.82. The summed E-state index contributed by atoms with van der Waals surface area (Å²) in [6, 6.07) is 1.88. The zero-order valence-corrected chi connectivity index (χ0v) is 10.3. The Morgan fingerprint density at radius 3 is 2.80 bits per heavy atom. The largest absolute Gasteiger partial charge is 0.349 e. The molecule has 0 spiro atoms. The zero-order chi connectivity index (χ0) is 11.3. The fraction of sp³-hybridized carbons (Fsp3) is 0.636. The molecule has 1 heterocycles. The van der Waals surface area contributed by atoms with Gasteiger partial charge in [-0.05, 0) is 32.8 Å². The number of rotatable bonds is 5. The lowest BCUT2D eigenvalue weighted by molar-refractivity contribution is 0.477. The summed E-state index contributed by atoms with van der Waals surface area (Å²) in [5, 5.41) is 3.34. The Kier molecular flexibility index (Phi) is 4.33. The molecular weight excluding hydrogens is 210 g/mol. The predicted octanol–water partition coefficient (Wildman–Crippen LogP) is 2.99. The van der Waals surface area contributed by atoms with Crippen LogP contribution in [0.1, 0.15) is 32.4 Å². The molecule has 0 bridgehead atoms. The second-order valence-electron chi connectivity index (χ2n) is 4.00. The van der Waals surface area contributed by atoms with E-state index in [1.54, 1.807) is 6.20 Å². The maximum absolute atomic E-state index is 5.78. The Hall–Kier alpha value is -0.830. The molecular formula is C11H18ClN3. The molecule has 1 atom stereocenters. The van der Waals surface area contributed by atoms with E-state index >= 15 is 0 Å². The van der Waals surface area contributed by atoms with Gasteiger partial charge in [0.1, 0.15) is 0 Å². The molecule has 0 saturated heterocycles. The first-order chi connectivity index (χ1) is 7.09. The van der Waals surface area contributed by atoms with Crippen LogP contribution in [0.5, 0.6) is 0 Å². The minimum atomic E-state index is -0.0183. The highest BCUT2D eigenvalue weighted by Gasteiger charge is 2.21. The second-order valence-corrected chi connectivity index (χ2v) is 4.38. The van der Waals surface area contributed by atoms with Crippen molar-refractivity contribution in [2.45, 2.75) is 39.2 Å². The van der Waals surface area contributed by atoms with Crippen molar-refractivity contribution in [1.82, 2.24) is 9.97 Å². The minimum Gasteiger partial charge on any atom is -0.349 e. The van der Waals surface area contributed by atoms with Gasteiger partial charge in [-0.3, -0.25) is 0 Å². The number of aryl methyl sites for hydroxylation is 1. The lowest BCUT2D eigenvalue weighted by atomic mass is 9.96. The summed E-state index contributed by atoms with van der Waals surface area (Å²) >= 11 is 5.78. The Morgan fingerprint density at radius 1 is 1.53 bits per heavy atom. The standard InChI is InChI=1S/C11H18ClN3/c1-4-11(3,6-7-12)15-10-13-8-5-9(2)14-10/h5,8H,4,6-7H2,1-3H3,(H,13,14,15). The number of alkyl halides is 1. The summed E-state index contributed by atoms with van der Waals surface area (Å²) in [7, 11) is 0. The number of hydrogen-bond acceptors (Lipinski definition) is 3. The average molecular weight is 228 g/mol. The molecule has 3 nitrogen and oxygen atoms in total. The van der Waals surface area contributed by atoms with Crippen LogP contribution in [0.2, 0.25) is 0 Å². The first kappa shape index (κ1) is 12.2. The van der Waals surface area contributed by atoms with Crippen molar-refractivity contribution in [3.63, 3.8) is 0 Å². The van der Waals surface area contributed by atoms with Crippen LogP contribution in [0, 0.1) is 6.92 Å². The molecule has 0 aliphatic carbocycles. The first-order valence-electron chi connectivity index (χ1n) is 5.23. The van der Waals surface area contributed by atoms with Crippen LogP contribution in [-0.2, 0) is 0 Å². The maximum atomic E-state index is 5.78. The summed E-state index contributed by atoms with van der Waals surface area (Å²) in [5.74, 6) is 1.33. The van der Waals surface area contributed by atoms with Gasteiger partial charge in [-0.2, -0.15) is 0 Å². The molecule has 15 heavy (non-hydrogen) atoms. The van der Waals surface area contributed by atoms with E-state index in [1.165, 1.54) is 0 Å². The lowest BCUT2D eigenvalue weighted by Gasteiger charge is -2.28. The Labute approximate surface area is 96.3 Å². The van der Waals surface area contributed by atoms with Crippen molar-refractivity contribution < 1.29 is 0 Å². The molecule has 4 heteroatoms. The van der Waals surface area contributed by atoms with Gasteiger partial charge in [-0.25, -0.2) is 9.97 Å². The number of anilines is 1. The van der Waals surface area contributed by atoms with Crippen molar-refractivity contribution in [2.75, 3.05) is 11.2 Å². The SMILES string of the molecule is CCC(C)(CCCl)Nc1nccc(C)n1. The number of halogens is 1. The number of aromatic nitrogens is 2. The lowest BCUT2D eigenvalue weighted by Crippen LogP contribution is -2.35. The van der Waals surface area contributed by atoms with Gasteiger partial charge in [0.15, 0.2) is 0 Å². The third-order valence-electron chi connectivity index (χ3n) is 2.63. The maximum Gasteiger partial charge on any atom is 0.223 e. The van der Waals surface area contributed by atoms with E-state index in [0.717, 1.165) is 18.5 Å². The van der Waals surface area contributed by atoms with Crippen molar-refractivity contribution in [3.05, 3.63) is 18.0 Å². The fourth-order valence-corrected chi connectivity index (χ4v) is 1.73. The number of hydrogen-bond donors (Lipinski definition) is 1. The summed E-state index contributed by atoms with van der Waals surface area (Å²) in [5.41, 5.74) is 0.951. The quantitative estimate of drug-likeness (QED) is 0.786. The van der Waals surface area contributed by atoms with Gasteiger partial charge in [-0.15, -0.1) is 11.6 Å². The van der Waals surface area contributed by atoms with Gasteiger partial charge in [0.2, 0.25) is 5.95 Å². The van der Waals surface area contributed by atoms with Gasteiger partial charge in [0.25, 0.3) is 0 Å². The molecule has 1 aromatic heterocycles. The van der Waals surface area contributed by atoms with Crippen LogP contribution < -0.4 is 5.32 Å². The molecule has 0 fully saturated rings. The molecule has 0 aliphatic heterocycles. The Balaban J connectivity index is 2.74. The summed E-state index contributed by atoms with van der Waals surface area (Å²) < 4.78 is 0. The van der Waals surface area contributed by atoms with Crippen LogP contribution in [0.15, 0.2) is 12.3 Å². The van der Waals surface area contributed by atoms with E-state index in [4.69, 9.17) is 11.6 Å². The van der Waals surface area contributed by atoms with Crippen LogP contribution in [0.25, 0.3) is 0 Å². The predicted molar refractivity (Wildman–Crippen MR) is 64.4 cm³/mol. The van der Waals surface area contributed by atoms with Gasteiger partial charge in [0.05, 0.1) is 0 Å². The van der Waals surface area contributed by atoms with Crippen LogP contribution in [-0.4, -0.2) is 21.4 Å². The molecule has 1 rings (SSSR count). The molecule has 0 saturated carbocycles. The van der Waals surface area contributed by atoms with Gasteiger partial charge in [0, 0.05) is 23.3 Å². The summed E-state index contributed by atoms with van der Waals surface area (Å²) in [6.07, 6.45) is 3.67. The van der Waals surface area contributed by atoms with E-state index in [2.05, 4.69) is 29.1 Å². The van der Waals surface area contributed by atoms with Crippen molar-refractivity contribution in [1.29, 1.82) is 0 Å². The molecule has 0 aromatic carbocycles. The molecule has 1 aromatic rings. The van der Waals surface area contributed by atoms with Gasteiger partial charge >= 0.3 is 0 Å². The van der Waals surface area contributed by atoms with Crippen molar-refractivity contribution in [3.8, 4) is 0 Å². The monoisotopic (exact) mass is 227 g/mol. The summed E-state index contributed by atoms with van der Waals surface area (Å²) in [6.45, 7) is 6.23. The van der Waals surface area contributed by atoms with Gasteiger partial charge < -0.3 is 5.32 Å². The van der Waals surface area contributed by atoms with E-state index in [1.807, 2.05) is 13.0 Å². The Morgan fingerprint density at radius 2 is 2.27 bits per heavy atom. The molecule has 0 radical (unpaired) electrons. The second kappa shape index (κ2) is 5.31. The molecule has 1 N–H and O–H groups in total. The smallest absolute Gasteiger partial charge is 0.223 e. The zero-order valence-electron chi connectivity index (χ0n) is 9.55. The molecule has 1 unspecified atom stereocenters. The van der Waals surface area contributed by atoms with Crippen molar-refractivity contribution >= 4 is 17.5 Å². The van der Waals surface area contributed by atoms with E-state index in [9.17, 15) is 0 Å². The number of nitrogens with one attached hydrogen (secondary N) is 1. The topological polar surface area (TPSA) is 37.8 Å². The van der Waals surface area contributed by atoms with E-state index in [-0.39, 0.29) is 5.54 Å². The fourth-order valence-electron chi connectivity index (χ4n) is 1.32. The van der Waals surface area contributed by atoms with Crippen LogP contribution >= 0.6 is 11.6 Å². The van der Waals surface area contributed by atoms with Gasteiger partial charge in [-0.1, -0.05) is 6.92 Å². The Bertz CT molecular complexity index is 316. The summed E-state index contributed by atoms with van der Waals surface area (Å²) in [4.78, 5) is 8.51. The molecule has 0 amide bonds. The highest BCUT2D eigenvalue weighted by atomic mass is 35.5. The number of nitrogens with zero attached hydrogens (tertiary/aromatic N) is 2. The molecule has 0 aliphatic rings. The normalized spacial score (nSPS) is 14.7. The minimum absolute atomic E-state index is 0.0183. The average Bonchev–Trinajstić information content (AvgIpc) is 2.18. The van der Waals surface area contributed by atoms with Crippen LogP contribution in [0.4, 0.5) is 5.95 Å². The molecule has 84 valence electrons. The van der Waals surface area contributed by atoms with Crippen molar-refractivity contribution in [2.24, 2.45) is 0 Å². The highest BCUT2D eigenvalue weighted by Crippen LogP contribution is 2.20. The highest BCUT2D eigenvalue weighted by molar-refractivity contribution is 6.17.